The number of nitrogens with one attached hydrogen (secondary N) is 1. The molecule has 1 unspecified atom stereocenters. The van der Waals surface area contributed by atoms with Crippen LogP contribution in [0.2, 0.25) is 4.34 Å². The summed E-state index contributed by atoms with van der Waals surface area (Å²) < 4.78 is 28.0. The predicted molar refractivity (Wildman–Crippen MR) is 91.2 cm³/mol. The highest BCUT2D eigenvalue weighted by atomic mass is 35.5. The minimum Gasteiger partial charge on any atom is -0.341 e. The van der Waals surface area contributed by atoms with E-state index in [-0.39, 0.29) is 22.1 Å². The first-order valence-corrected chi connectivity index (χ1v) is 10.7. The monoisotopic (exact) mass is 376 g/mol. The number of carbonyl (C=O) groups excluding carboxylic acids is 1. The molecule has 2 fully saturated rings. The van der Waals surface area contributed by atoms with Gasteiger partial charge in [-0.3, -0.25) is 4.79 Å². The van der Waals surface area contributed by atoms with Gasteiger partial charge in [-0.2, -0.15) is 0 Å². The number of nitrogens with zero attached hydrogens (tertiary/aromatic N) is 1. The van der Waals surface area contributed by atoms with Crippen LogP contribution in [0.15, 0.2) is 16.3 Å². The van der Waals surface area contributed by atoms with Gasteiger partial charge in [0.25, 0.3) is 0 Å². The summed E-state index contributed by atoms with van der Waals surface area (Å²) in [6.07, 6.45) is 6.07. The lowest BCUT2D eigenvalue weighted by molar-refractivity contribution is -0.135. The highest BCUT2D eigenvalue weighted by Crippen LogP contribution is 2.28. The summed E-state index contributed by atoms with van der Waals surface area (Å²) in [5.74, 6) is 0.334. The third-order valence-corrected chi connectivity index (χ3v) is 7.83. The second-order valence-corrected chi connectivity index (χ2v) is 9.94. The van der Waals surface area contributed by atoms with E-state index in [1.165, 1.54) is 12.5 Å². The number of sulfonamides is 1. The van der Waals surface area contributed by atoms with Gasteiger partial charge in [-0.15, -0.1) is 11.3 Å². The van der Waals surface area contributed by atoms with Crippen LogP contribution in [0.5, 0.6) is 0 Å². The quantitative estimate of drug-likeness (QED) is 0.878. The molecule has 128 valence electrons. The van der Waals surface area contributed by atoms with Crippen molar-refractivity contribution in [1.82, 2.24) is 9.62 Å². The van der Waals surface area contributed by atoms with E-state index < -0.39 is 10.0 Å². The smallest absolute Gasteiger partial charge is 0.250 e. The molecule has 3 rings (SSSR count). The van der Waals surface area contributed by atoms with Crippen LogP contribution in [0.4, 0.5) is 0 Å². The Morgan fingerprint density at radius 1 is 1.22 bits per heavy atom. The highest BCUT2D eigenvalue weighted by Gasteiger charge is 2.33. The Morgan fingerprint density at radius 2 is 1.96 bits per heavy atom. The van der Waals surface area contributed by atoms with E-state index >= 15 is 0 Å². The molecular weight excluding hydrogens is 356 g/mol. The first-order valence-electron chi connectivity index (χ1n) is 8.02. The Morgan fingerprint density at radius 3 is 2.61 bits per heavy atom. The minimum absolute atomic E-state index is 0.134. The second kappa shape index (κ2) is 7.09. The summed E-state index contributed by atoms with van der Waals surface area (Å²) in [5.41, 5.74) is 0. The zero-order valence-electron chi connectivity index (χ0n) is 12.8. The molecule has 1 N–H and O–H groups in total. The molecule has 0 bridgehead atoms. The Hall–Kier alpha value is -0.630. The standard InChI is InChI=1S/C15H21ClN2O3S2/c16-13-6-7-14(22-13)23(20,21)17-12-8-9-18(10-12)15(19)11-4-2-1-3-5-11/h6-7,11-12,17H,1-5,8-10H2. The number of amides is 1. The van der Waals surface area contributed by atoms with Gasteiger partial charge < -0.3 is 4.90 Å². The first kappa shape index (κ1) is 17.2. The number of hydrogen-bond donors (Lipinski definition) is 1. The second-order valence-electron chi connectivity index (χ2n) is 6.28. The molecule has 1 saturated heterocycles. The third kappa shape index (κ3) is 4.07. The first-order chi connectivity index (χ1) is 11.0. The van der Waals surface area contributed by atoms with Crippen molar-refractivity contribution >= 4 is 38.9 Å². The summed E-state index contributed by atoms with van der Waals surface area (Å²) in [4.78, 5) is 14.3. The molecule has 0 spiro atoms. The van der Waals surface area contributed by atoms with E-state index in [2.05, 4.69) is 4.72 Å². The molecule has 5 nitrogen and oxygen atoms in total. The molecule has 1 aliphatic carbocycles. The SMILES string of the molecule is O=C(C1CCCCC1)N1CCC(NS(=O)(=O)c2ccc(Cl)s2)C1. The molecule has 1 aromatic rings. The van der Waals surface area contributed by atoms with Crippen molar-refractivity contribution in [2.45, 2.75) is 48.8 Å². The van der Waals surface area contributed by atoms with E-state index in [0.29, 0.717) is 23.8 Å². The van der Waals surface area contributed by atoms with Gasteiger partial charge in [-0.1, -0.05) is 30.9 Å². The maximum atomic E-state index is 12.5. The molecule has 1 amide bonds. The number of hydrogen-bond acceptors (Lipinski definition) is 4. The van der Waals surface area contributed by atoms with Crippen LogP contribution in [-0.2, 0) is 14.8 Å². The summed E-state index contributed by atoms with van der Waals surface area (Å²) in [6, 6.07) is 2.87. The van der Waals surface area contributed by atoms with Crippen molar-refractivity contribution in [3.63, 3.8) is 0 Å². The lowest BCUT2D eigenvalue weighted by Crippen LogP contribution is -2.40. The lowest BCUT2D eigenvalue weighted by atomic mass is 9.88. The number of rotatable bonds is 4. The van der Waals surface area contributed by atoms with Crippen molar-refractivity contribution in [2.24, 2.45) is 5.92 Å². The Balaban J connectivity index is 1.58. The van der Waals surface area contributed by atoms with Crippen LogP contribution in [0.1, 0.15) is 38.5 Å². The molecule has 2 aliphatic rings. The number of likely N-dealkylation sites (tertiary alicyclic amines) is 1. The van der Waals surface area contributed by atoms with Crippen LogP contribution in [-0.4, -0.2) is 38.4 Å². The van der Waals surface area contributed by atoms with Crippen LogP contribution in [0.25, 0.3) is 0 Å². The average molecular weight is 377 g/mol. The molecule has 1 atom stereocenters. The van der Waals surface area contributed by atoms with Gasteiger partial charge in [0.1, 0.15) is 4.21 Å². The summed E-state index contributed by atoms with van der Waals surface area (Å²) in [5, 5.41) is 0. The zero-order valence-corrected chi connectivity index (χ0v) is 15.2. The summed E-state index contributed by atoms with van der Waals surface area (Å²) in [7, 11) is -3.55. The number of thiophene rings is 1. The van der Waals surface area contributed by atoms with Crippen molar-refractivity contribution in [3.05, 3.63) is 16.5 Å². The van der Waals surface area contributed by atoms with Crippen LogP contribution >= 0.6 is 22.9 Å². The molecule has 0 aromatic carbocycles. The van der Waals surface area contributed by atoms with Crippen molar-refractivity contribution in [3.8, 4) is 0 Å². The normalized spacial score (nSPS) is 23.3. The number of carbonyl (C=O) groups is 1. The van der Waals surface area contributed by atoms with Gasteiger partial charge >= 0.3 is 0 Å². The Kier molecular flexibility index (Phi) is 5.30. The van der Waals surface area contributed by atoms with Gasteiger partial charge in [0.2, 0.25) is 15.9 Å². The van der Waals surface area contributed by atoms with E-state index in [1.807, 2.05) is 4.90 Å². The van der Waals surface area contributed by atoms with Gasteiger partial charge in [-0.25, -0.2) is 13.1 Å². The maximum absolute atomic E-state index is 12.5. The molecule has 8 heteroatoms. The van der Waals surface area contributed by atoms with Crippen LogP contribution in [0, 0.1) is 5.92 Å². The lowest BCUT2D eigenvalue weighted by Gasteiger charge is -2.26. The van der Waals surface area contributed by atoms with E-state index in [4.69, 9.17) is 11.6 Å². The largest absolute Gasteiger partial charge is 0.341 e. The van der Waals surface area contributed by atoms with Gasteiger partial charge in [0.15, 0.2) is 0 Å². The van der Waals surface area contributed by atoms with Crippen LogP contribution in [0.3, 0.4) is 0 Å². The van der Waals surface area contributed by atoms with E-state index in [0.717, 1.165) is 37.0 Å². The fraction of sp³-hybridized carbons (Fsp3) is 0.667. The predicted octanol–water partition coefficient (Wildman–Crippen LogP) is 2.86. The molecule has 1 aliphatic heterocycles. The zero-order chi connectivity index (χ0) is 16.4. The van der Waals surface area contributed by atoms with Gasteiger partial charge in [0.05, 0.1) is 4.34 Å². The number of halogens is 1. The molecule has 1 saturated carbocycles. The van der Waals surface area contributed by atoms with Crippen LogP contribution < -0.4 is 4.72 Å². The summed E-state index contributed by atoms with van der Waals surface area (Å²) >= 11 is 6.85. The molecular formula is C15H21ClN2O3S2. The minimum atomic E-state index is -3.55. The van der Waals surface area contributed by atoms with E-state index in [9.17, 15) is 13.2 Å². The molecule has 2 heterocycles. The maximum Gasteiger partial charge on any atom is 0.250 e. The van der Waals surface area contributed by atoms with E-state index in [1.54, 1.807) is 6.07 Å². The molecule has 23 heavy (non-hydrogen) atoms. The van der Waals surface area contributed by atoms with Gasteiger partial charge in [0, 0.05) is 25.0 Å². The topological polar surface area (TPSA) is 66.5 Å². The van der Waals surface area contributed by atoms with Crippen molar-refractivity contribution < 1.29 is 13.2 Å². The Labute approximate surface area is 146 Å². The Bertz CT molecular complexity index is 668. The van der Waals surface area contributed by atoms with Gasteiger partial charge in [-0.05, 0) is 31.4 Å². The highest BCUT2D eigenvalue weighted by molar-refractivity contribution is 7.91. The average Bonchev–Trinajstić information content (AvgIpc) is 3.16. The molecule has 1 aromatic heterocycles. The summed E-state index contributed by atoms with van der Waals surface area (Å²) in [6.45, 7) is 1.10. The fourth-order valence-electron chi connectivity index (χ4n) is 3.38. The third-order valence-electron chi connectivity index (χ3n) is 4.59. The van der Waals surface area contributed by atoms with Crippen molar-refractivity contribution in [2.75, 3.05) is 13.1 Å². The van der Waals surface area contributed by atoms with Crippen molar-refractivity contribution in [1.29, 1.82) is 0 Å². The fourth-order valence-corrected chi connectivity index (χ4v) is 6.15. The molecule has 0 radical (unpaired) electrons.